The second-order valence-corrected chi connectivity index (χ2v) is 9.95. The molecule has 6 aromatic carbocycles. The van der Waals surface area contributed by atoms with Gasteiger partial charge in [0.1, 0.15) is 0 Å². The van der Waals surface area contributed by atoms with Crippen LogP contribution in [0.4, 0.5) is 0 Å². The lowest BCUT2D eigenvalue weighted by molar-refractivity contribution is 1.20. The molecule has 0 saturated heterocycles. The molecule has 1 aliphatic rings. The molecule has 0 unspecified atom stereocenters. The predicted octanol–water partition coefficient (Wildman–Crippen LogP) is 9.45. The standard InChI is InChI=1S/C36H23N/c1-2-8-23(9-3-1)36-35-22-26-15-14-24(20-33(26)32(35)18-19-37-36)25-16-17-31-29-12-5-4-10-27(29)28-11-6-7-13-30(28)34(31)21-25/h1-21H,22H2. The second-order valence-electron chi connectivity index (χ2n) is 9.95. The summed E-state index contributed by atoms with van der Waals surface area (Å²) in [6.45, 7) is 0. The monoisotopic (exact) mass is 469 g/mol. The van der Waals surface area contributed by atoms with Crippen molar-refractivity contribution in [1.29, 1.82) is 0 Å². The molecule has 0 amide bonds. The van der Waals surface area contributed by atoms with Gasteiger partial charge in [0.05, 0.1) is 5.69 Å². The lowest BCUT2D eigenvalue weighted by atomic mass is 9.91. The summed E-state index contributed by atoms with van der Waals surface area (Å²) < 4.78 is 0. The first-order valence-corrected chi connectivity index (χ1v) is 12.9. The van der Waals surface area contributed by atoms with Gasteiger partial charge in [-0.2, -0.15) is 0 Å². The van der Waals surface area contributed by atoms with E-state index in [1.807, 2.05) is 6.20 Å². The highest BCUT2D eigenvalue weighted by Gasteiger charge is 2.23. The van der Waals surface area contributed by atoms with E-state index < -0.39 is 0 Å². The lowest BCUT2D eigenvalue weighted by Gasteiger charge is -2.12. The largest absolute Gasteiger partial charge is 0.256 e. The average Bonchev–Trinajstić information content (AvgIpc) is 3.36. The van der Waals surface area contributed by atoms with Gasteiger partial charge in [-0.15, -0.1) is 0 Å². The van der Waals surface area contributed by atoms with Crippen LogP contribution in [0.15, 0.2) is 128 Å². The first kappa shape index (κ1) is 20.4. The third-order valence-corrected chi connectivity index (χ3v) is 7.95. The first-order chi connectivity index (χ1) is 18.3. The van der Waals surface area contributed by atoms with Crippen LogP contribution in [-0.4, -0.2) is 4.98 Å². The van der Waals surface area contributed by atoms with Gasteiger partial charge in [-0.1, -0.05) is 103 Å². The van der Waals surface area contributed by atoms with Gasteiger partial charge < -0.3 is 0 Å². The van der Waals surface area contributed by atoms with Crippen LogP contribution in [0.5, 0.6) is 0 Å². The Labute approximate surface area is 215 Å². The van der Waals surface area contributed by atoms with Crippen molar-refractivity contribution >= 4 is 32.3 Å². The molecule has 0 spiro atoms. The van der Waals surface area contributed by atoms with Crippen LogP contribution < -0.4 is 0 Å². The number of aromatic nitrogens is 1. The van der Waals surface area contributed by atoms with Crippen LogP contribution in [0.2, 0.25) is 0 Å². The fourth-order valence-electron chi connectivity index (χ4n) is 6.21. The molecule has 1 heteroatoms. The highest BCUT2D eigenvalue weighted by molar-refractivity contribution is 6.25. The number of hydrogen-bond donors (Lipinski definition) is 0. The van der Waals surface area contributed by atoms with E-state index in [0.29, 0.717) is 0 Å². The average molecular weight is 470 g/mol. The molecule has 37 heavy (non-hydrogen) atoms. The van der Waals surface area contributed by atoms with Crippen LogP contribution in [0.1, 0.15) is 11.1 Å². The molecule has 172 valence electrons. The van der Waals surface area contributed by atoms with E-state index in [1.54, 1.807) is 0 Å². The van der Waals surface area contributed by atoms with Gasteiger partial charge >= 0.3 is 0 Å². The summed E-state index contributed by atoms with van der Waals surface area (Å²) >= 11 is 0. The molecule has 0 saturated carbocycles. The number of pyridine rings is 1. The van der Waals surface area contributed by atoms with Crippen LogP contribution in [0.3, 0.4) is 0 Å². The number of fused-ring (bicyclic) bond motifs is 9. The third-order valence-electron chi connectivity index (χ3n) is 7.95. The topological polar surface area (TPSA) is 12.9 Å². The maximum Gasteiger partial charge on any atom is 0.0743 e. The Morgan fingerprint density at radius 2 is 1.03 bits per heavy atom. The Hall–Kier alpha value is -4.75. The fourth-order valence-corrected chi connectivity index (χ4v) is 6.21. The molecule has 0 bridgehead atoms. The molecule has 0 fully saturated rings. The maximum atomic E-state index is 4.77. The van der Waals surface area contributed by atoms with Crippen molar-refractivity contribution in [3.8, 4) is 33.5 Å². The summed E-state index contributed by atoms with van der Waals surface area (Å²) in [4.78, 5) is 4.77. The summed E-state index contributed by atoms with van der Waals surface area (Å²) in [5.41, 5.74) is 10.1. The fraction of sp³-hybridized carbons (Fsp3) is 0.0278. The summed E-state index contributed by atoms with van der Waals surface area (Å²) in [6, 6.07) is 44.2. The van der Waals surface area contributed by atoms with Gasteiger partial charge in [0.2, 0.25) is 0 Å². The molecule has 0 N–H and O–H groups in total. The SMILES string of the molecule is c1ccc(-c2nccc3c2Cc2ccc(-c4ccc5c6ccccc6c6ccccc6c5c4)cc2-3)cc1. The third kappa shape index (κ3) is 3.07. The van der Waals surface area contributed by atoms with Crippen molar-refractivity contribution in [2.75, 3.05) is 0 Å². The van der Waals surface area contributed by atoms with Gasteiger partial charge in [-0.25, -0.2) is 0 Å². The van der Waals surface area contributed by atoms with Crippen molar-refractivity contribution in [2.45, 2.75) is 6.42 Å². The zero-order valence-corrected chi connectivity index (χ0v) is 20.3. The van der Waals surface area contributed by atoms with Gasteiger partial charge in [0.25, 0.3) is 0 Å². The molecule has 7 aromatic rings. The maximum absolute atomic E-state index is 4.77. The predicted molar refractivity (Wildman–Crippen MR) is 156 cm³/mol. The van der Waals surface area contributed by atoms with E-state index in [-0.39, 0.29) is 0 Å². The highest BCUT2D eigenvalue weighted by atomic mass is 14.7. The summed E-state index contributed by atoms with van der Waals surface area (Å²) in [5.74, 6) is 0. The van der Waals surface area contributed by atoms with Crippen LogP contribution >= 0.6 is 0 Å². The lowest BCUT2D eigenvalue weighted by Crippen LogP contribution is -1.91. The molecule has 1 aromatic heterocycles. The van der Waals surface area contributed by atoms with Crippen molar-refractivity contribution < 1.29 is 0 Å². The summed E-state index contributed by atoms with van der Waals surface area (Å²) in [6.07, 6.45) is 2.88. The molecule has 0 atom stereocenters. The van der Waals surface area contributed by atoms with Gasteiger partial charge in [0, 0.05) is 18.2 Å². The van der Waals surface area contributed by atoms with Crippen molar-refractivity contribution in [2.24, 2.45) is 0 Å². The normalized spacial score (nSPS) is 12.2. The number of rotatable bonds is 2. The van der Waals surface area contributed by atoms with E-state index in [4.69, 9.17) is 4.98 Å². The Morgan fingerprint density at radius 3 is 1.76 bits per heavy atom. The van der Waals surface area contributed by atoms with E-state index in [1.165, 1.54) is 71.3 Å². The van der Waals surface area contributed by atoms with Crippen molar-refractivity contribution in [3.05, 3.63) is 139 Å². The van der Waals surface area contributed by atoms with Crippen molar-refractivity contribution in [3.63, 3.8) is 0 Å². The van der Waals surface area contributed by atoms with E-state index >= 15 is 0 Å². The minimum absolute atomic E-state index is 0.928. The minimum Gasteiger partial charge on any atom is -0.256 e. The number of nitrogens with zero attached hydrogens (tertiary/aromatic N) is 1. The van der Waals surface area contributed by atoms with Crippen LogP contribution in [-0.2, 0) is 6.42 Å². The Bertz CT molecular complexity index is 1960. The quantitative estimate of drug-likeness (QED) is 0.230. The smallest absolute Gasteiger partial charge is 0.0743 e. The Balaban J connectivity index is 1.31. The number of hydrogen-bond acceptors (Lipinski definition) is 1. The van der Waals surface area contributed by atoms with Crippen LogP contribution in [0, 0.1) is 0 Å². The van der Waals surface area contributed by atoms with Crippen molar-refractivity contribution in [1.82, 2.24) is 4.98 Å². The Morgan fingerprint density at radius 1 is 0.432 bits per heavy atom. The zero-order chi connectivity index (χ0) is 24.3. The van der Waals surface area contributed by atoms with Crippen LogP contribution in [0.25, 0.3) is 65.8 Å². The first-order valence-electron chi connectivity index (χ1n) is 12.9. The molecule has 1 aliphatic carbocycles. The molecule has 1 nitrogen and oxygen atoms in total. The molecule has 0 radical (unpaired) electrons. The molecular formula is C36H23N. The minimum atomic E-state index is 0.928. The number of benzene rings is 6. The van der Waals surface area contributed by atoms with Gasteiger partial charge in [-0.05, 0) is 83.9 Å². The summed E-state index contributed by atoms with van der Waals surface area (Å²) in [7, 11) is 0. The molecule has 8 rings (SSSR count). The van der Waals surface area contributed by atoms with Gasteiger partial charge in [0.15, 0.2) is 0 Å². The zero-order valence-electron chi connectivity index (χ0n) is 20.3. The summed E-state index contributed by atoms with van der Waals surface area (Å²) in [5, 5.41) is 7.86. The second kappa shape index (κ2) is 7.88. The molecular weight excluding hydrogens is 446 g/mol. The molecule has 0 aliphatic heterocycles. The van der Waals surface area contributed by atoms with E-state index in [2.05, 4.69) is 121 Å². The van der Waals surface area contributed by atoms with E-state index in [0.717, 1.165) is 12.1 Å². The van der Waals surface area contributed by atoms with Gasteiger partial charge in [-0.3, -0.25) is 4.98 Å². The van der Waals surface area contributed by atoms with E-state index in [9.17, 15) is 0 Å². The highest BCUT2D eigenvalue weighted by Crippen LogP contribution is 2.43. The Kier molecular flexibility index (Phi) is 4.35. The molecule has 1 heterocycles.